The molecular weight excluding hydrogens is 364 g/mol. The van der Waals surface area contributed by atoms with Gasteiger partial charge < -0.3 is 27.2 Å². The zero-order valence-corrected chi connectivity index (χ0v) is 16.1. The summed E-state index contributed by atoms with van der Waals surface area (Å²) in [4.78, 5) is 47.3. The van der Waals surface area contributed by atoms with E-state index in [-0.39, 0.29) is 25.2 Å². The van der Waals surface area contributed by atoms with Crippen LogP contribution in [0.3, 0.4) is 0 Å². The number of amides is 3. The van der Waals surface area contributed by atoms with Crippen molar-refractivity contribution in [3.8, 4) is 0 Å². The van der Waals surface area contributed by atoms with Crippen molar-refractivity contribution in [2.75, 3.05) is 0 Å². The molecule has 1 aromatic carbocycles. The minimum Gasteiger partial charge on any atom is -0.480 e. The summed E-state index contributed by atoms with van der Waals surface area (Å²) >= 11 is 0. The van der Waals surface area contributed by atoms with Gasteiger partial charge in [0.25, 0.3) is 0 Å². The minimum absolute atomic E-state index is 0.0424. The molecule has 3 atom stereocenters. The molecule has 0 spiro atoms. The van der Waals surface area contributed by atoms with Crippen LogP contribution < -0.4 is 22.1 Å². The van der Waals surface area contributed by atoms with Crippen molar-refractivity contribution in [1.82, 2.24) is 10.6 Å². The van der Waals surface area contributed by atoms with Crippen molar-refractivity contribution in [3.63, 3.8) is 0 Å². The van der Waals surface area contributed by atoms with Crippen molar-refractivity contribution in [2.45, 2.75) is 51.2 Å². The zero-order chi connectivity index (χ0) is 21.3. The van der Waals surface area contributed by atoms with E-state index in [4.69, 9.17) is 11.5 Å². The van der Waals surface area contributed by atoms with Crippen LogP contribution in [0.15, 0.2) is 30.3 Å². The number of rotatable bonds is 11. The Bertz CT molecular complexity index is 693. The maximum atomic E-state index is 12.6. The number of nitrogens with two attached hydrogens (primary N) is 2. The molecule has 3 amide bonds. The number of hydrogen-bond acceptors (Lipinski definition) is 5. The van der Waals surface area contributed by atoms with Crippen molar-refractivity contribution in [1.29, 1.82) is 0 Å². The van der Waals surface area contributed by atoms with Crippen LogP contribution >= 0.6 is 0 Å². The Labute approximate surface area is 163 Å². The molecule has 154 valence electrons. The number of carboxylic acids is 1. The van der Waals surface area contributed by atoms with Crippen LogP contribution in [0.1, 0.15) is 32.3 Å². The van der Waals surface area contributed by atoms with Gasteiger partial charge in [-0.2, -0.15) is 0 Å². The number of carbonyl (C=O) groups is 4. The second-order valence-corrected chi connectivity index (χ2v) is 7.06. The predicted octanol–water partition coefficient (Wildman–Crippen LogP) is -0.468. The molecule has 0 aromatic heterocycles. The predicted molar refractivity (Wildman–Crippen MR) is 103 cm³/mol. The largest absolute Gasteiger partial charge is 0.480 e. The van der Waals surface area contributed by atoms with E-state index in [9.17, 15) is 24.3 Å². The lowest BCUT2D eigenvalue weighted by molar-refractivity contribution is -0.142. The Morgan fingerprint density at radius 1 is 1.00 bits per heavy atom. The average Bonchev–Trinajstić information content (AvgIpc) is 2.60. The average molecular weight is 392 g/mol. The number of nitrogens with one attached hydrogen (secondary N) is 2. The molecular formula is C19H28N4O5. The molecule has 1 aromatic rings. The molecule has 7 N–H and O–H groups in total. The third kappa shape index (κ3) is 8.17. The van der Waals surface area contributed by atoms with E-state index in [1.165, 1.54) is 0 Å². The summed E-state index contributed by atoms with van der Waals surface area (Å²) in [6.45, 7) is 3.71. The second kappa shape index (κ2) is 11.0. The Balaban J connectivity index is 2.84. The first-order chi connectivity index (χ1) is 13.1. The summed E-state index contributed by atoms with van der Waals surface area (Å²) in [5.74, 6) is -3.20. The fraction of sp³-hybridized carbons (Fsp3) is 0.474. The Kier molecular flexibility index (Phi) is 9.10. The highest BCUT2D eigenvalue weighted by Gasteiger charge is 2.29. The number of carbonyl (C=O) groups excluding carboxylic acids is 3. The summed E-state index contributed by atoms with van der Waals surface area (Å²) < 4.78 is 0. The summed E-state index contributed by atoms with van der Waals surface area (Å²) in [5, 5.41) is 14.4. The Hall–Kier alpha value is -2.94. The van der Waals surface area contributed by atoms with Gasteiger partial charge in [-0.3, -0.25) is 14.4 Å². The highest BCUT2D eigenvalue weighted by Crippen LogP contribution is 2.08. The van der Waals surface area contributed by atoms with Crippen molar-refractivity contribution in [2.24, 2.45) is 17.4 Å². The number of hydrogen-bond donors (Lipinski definition) is 5. The standard InChI is InChI=1S/C19H28N4O5/c1-11(2)8-14(22-17(25)13(20)10-16(21)24)18(26)23-15(19(27)28)9-12-6-4-3-5-7-12/h3-7,11,13-15H,8-10,20H2,1-2H3,(H2,21,24)(H,22,25)(H,23,26)(H,27,28)/t13-,14-,15-/m0/s1. The molecule has 0 fully saturated rings. The number of primary amides is 1. The van der Waals surface area contributed by atoms with E-state index in [0.717, 1.165) is 5.56 Å². The van der Waals surface area contributed by atoms with Crippen LogP contribution in [-0.4, -0.2) is 46.9 Å². The summed E-state index contributed by atoms with van der Waals surface area (Å²) in [5.41, 5.74) is 11.4. The van der Waals surface area contributed by atoms with Crippen molar-refractivity contribution in [3.05, 3.63) is 35.9 Å². The second-order valence-electron chi connectivity index (χ2n) is 7.06. The molecule has 0 aliphatic rings. The van der Waals surface area contributed by atoms with Crippen molar-refractivity contribution >= 4 is 23.7 Å². The maximum Gasteiger partial charge on any atom is 0.326 e. The molecule has 0 heterocycles. The fourth-order valence-corrected chi connectivity index (χ4v) is 2.61. The van der Waals surface area contributed by atoms with Gasteiger partial charge in [0.2, 0.25) is 17.7 Å². The van der Waals surface area contributed by atoms with Crippen LogP contribution in [0.2, 0.25) is 0 Å². The first kappa shape index (κ1) is 23.1. The van der Waals surface area contributed by atoms with E-state index < -0.39 is 41.8 Å². The number of benzene rings is 1. The number of aliphatic carboxylic acids is 1. The van der Waals surface area contributed by atoms with Crippen LogP contribution in [0, 0.1) is 5.92 Å². The lowest BCUT2D eigenvalue weighted by atomic mass is 10.0. The maximum absolute atomic E-state index is 12.6. The Morgan fingerprint density at radius 2 is 1.57 bits per heavy atom. The van der Waals surface area contributed by atoms with E-state index >= 15 is 0 Å². The third-order valence-corrected chi connectivity index (χ3v) is 4.00. The van der Waals surface area contributed by atoms with Crippen LogP contribution in [-0.2, 0) is 25.6 Å². The smallest absolute Gasteiger partial charge is 0.326 e. The monoisotopic (exact) mass is 392 g/mol. The van der Waals surface area contributed by atoms with Gasteiger partial charge in [-0.15, -0.1) is 0 Å². The van der Waals surface area contributed by atoms with Gasteiger partial charge in [-0.25, -0.2) is 4.79 Å². The minimum atomic E-state index is -1.18. The highest BCUT2D eigenvalue weighted by molar-refractivity contribution is 5.93. The van der Waals surface area contributed by atoms with Gasteiger partial charge in [0.1, 0.15) is 12.1 Å². The lowest BCUT2D eigenvalue weighted by Gasteiger charge is -2.24. The molecule has 9 heteroatoms. The summed E-state index contributed by atoms with van der Waals surface area (Å²) in [6, 6.07) is 5.57. The summed E-state index contributed by atoms with van der Waals surface area (Å²) in [6.07, 6.45) is 0.0254. The van der Waals surface area contributed by atoms with Gasteiger partial charge in [0.15, 0.2) is 0 Å². The fourth-order valence-electron chi connectivity index (χ4n) is 2.61. The molecule has 0 unspecified atom stereocenters. The molecule has 0 aliphatic heterocycles. The molecule has 0 saturated carbocycles. The first-order valence-corrected chi connectivity index (χ1v) is 9.01. The highest BCUT2D eigenvalue weighted by atomic mass is 16.4. The lowest BCUT2D eigenvalue weighted by Crippen LogP contribution is -2.55. The molecule has 0 radical (unpaired) electrons. The Morgan fingerprint density at radius 3 is 2.07 bits per heavy atom. The zero-order valence-electron chi connectivity index (χ0n) is 16.1. The number of carboxylic acid groups (broad SMARTS) is 1. The topological polar surface area (TPSA) is 165 Å². The van der Waals surface area contributed by atoms with Gasteiger partial charge in [-0.05, 0) is 17.9 Å². The van der Waals surface area contributed by atoms with E-state index in [0.29, 0.717) is 0 Å². The van der Waals surface area contributed by atoms with Crippen LogP contribution in [0.4, 0.5) is 0 Å². The quantitative estimate of drug-likeness (QED) is 0.342. The molecule has 0 aliphatic carbocycles. The van der Waals surface area contributed by atoms with E-state index in [1.807, 2.05) is 13.8 Å². The van der Waals surface area contributed by atoms with Crippen molar-refractivity contribution < 1.29 is 24.3 Å². The van der Waals surface area contributed by atoms with Crippen LogP contribution in [0.5, 0.6) is 0 Å². The van der Waals surface area contributed by atoms with Crippen LogP contribution in [0.25, 0.3) is 0 Å². The van der Waals surface area contributed by atoms with E-state index in [1.54, 1.807) is 30.3 Å². The van der Waals surface area contributed by atoms with Gasteiger partial charge >= 0.3 is 5.97 Å². The van der Waals surface area contributed by atoms with Gasteiger partial charge in [0, 0.05) is 6.42 Å². The van der Waals surface area contributed by atoms with E-state index in [2.05, 4.69) is 10.6 Å². The molecule has 1 rings (SSSR count). The SMILES string of the molecule is CC(C)C[C@H](NC(=O)[C@@H](N)CC(N)=O)C(=O)N[C@@H](Cc1ccccc1)C(=O)O. The molecule has 9 nitrogen and oxygen atoms in total. The normalized spacial score (nSPS) is 14.0. The first-order valence-electron chi connectivity index (χ1n) is 9.01. The van der Waals surface area contributed by atoms with Gasteiger partial charge in [0.05, 0.1) is 12.5 Å². The summed E-state index contributed by atoms with van der Waals surface area (Å²) in [7, 11) is 0. The molecule has 28 heavy (non-hydrogen) atoms. The molecule has 0 saturated heterocycles. The molecule has 0 bridgehead atoms. The van der Waals surface area contributed by atoms with Gasteiger partial charge in [-0.1, -0.05) is 44.2 Å². The third-order valence-electron chi connectivity index (χ3n) is 4.00.